The van der Waals surface area contributed by atoms with Crippen LogP contribution in [0.1, 0.15) is 24.1 Å². The molecule has 2 aromatic rings. The van der Waals surface area contributed by atoms with Gasteiger partial charge in [-0.15, -0.1) is 0 Å². The van der Waals surface area contributed by atoms with Crippen molar-refractivity contribution in [3.05, 3.63) is 52.0 Å². The van der Waals surface area contributed by atoms with Crippen LogP contribution < -0.4 is 5.32 Å². The van der Waals surface area contributed by atoms with Crippen molar-refractivity contribution < 1.29 is 4.39 Å². The third-order valence-corrected chi connectivity index (χ3v) is 3.61. The minimum absolute atomic E-state index is 0.191. The summed E-state index contributed by atoms with van der Waals surface area (Å²) in [7, 11) is 1.90. The highest BCUT2D eigenvalue weighted by molar-refractivity contribution is 9.10. The number of nitrogens with one attached hydrogen (secondary N) is 1. The van der Waals surface area contributed by atoms with Crippen LogP contribution in [0.25, 0.3) is 0 Å². The third kappa shape index (κ3) is 3.64. The van der Waals surface area contributed by atoms with E-state index < -0.39 is 0 Å². The van der Waals surface area contributed by atoms with Crippen LogP contribution in [0.3, 0.4) is 0 Å². The lowest BCUT2D eigenvalue weighted by Crippen LogP contribution is -2.22. The Bertz CT molecular complexity index is 553. The van der Waals surface area contributed by atoms with Crippen LogP contribution in [0.5, 0.6) is 0 Å². The van der Waals surface area contributed by atoms with Gasteiger partial charge in [-0.05, 0) is 46.6 Å². The normalized spacial score (nSPS) is 12.6. The van der Waals surface area contributed by atoms with Crippen molar-refractivity contribution in [3.8, 4) is 0 Å². The second-order valence-electron chi connectivity index (χ2n) is 4.51. The van der Waals surface area contributed by atoms with Gasteiger partial charge >= 0.3 is 0 Å². The number of likely N-dealkylation sites (N-methyl/N-ethyl adjacent to an activating group) is 1. The zero-order valence-corrected chi connectivity index (χ0v) is 12.6. The molecule has 1 heterocycles. The second kappa shape index (κ2) is 6.30. The number of nitrogens with zero attached hydrogens (tertiary/aromatic N) is 2. The Morgan fingerprint density at radius 2 is 2.26 bits per heavy atom. The topological polar surface area (TPSA) is 29.9 Å². The molecule has 0 fully saturated rings. The van der Waals surface area contributed by atoms with E-state index in [2.05, 4.69) is 33.3 Å². The first kappa shape index (κ1) is 14.2. The quantitative estimate of drug-likeness (QED) is 0.914. The van der Waals surface area contributed by atoms with Crippen molar-refractivity contribution in [2.45, 2.75) is 19.4 Å². The van der Waals surface area contributed by atoms with Crippen molar-refractivity contribution in [1.29, 1.82) is 0 Å². The Kier molecular flexibility index (Phi) is 4.71. The molecule has 1 aromatic heterocycles. The van der Waals surface area contributed by atoms with Crippen LogP contribution in [0.15, 0.2) is 35.1 Å². The molecule has 1 unspecified atom stereocenters. The maximum absolute atomic E-state index is 13.2. The number of aromatic nitrogens is 2. The monoisotopic (exact) mass is 325 g/mol. The first-order valence-corrected chi connectivity index (χ1v) is 7.05. The van der Waals surface area contributed by atoms with Gasteiger partial charge in [0.05, 0.1) is 10.7 Å². The van der Waals surface area contributed by atoms with Crippen LogP contribution in [0.4, 0.5) is 4.39 Å². The van der Waals surface area contributed by atoms with Crippen molar-refractivity contribution in [2.24, 2.45) is 7.05 Å². The zero-order valence-electron chi connectivity index (χ0n) is 11.0. The molecule has 1 aromatic carbocycles. The highest BCUT2D eigenvalue weighted by Gasteiger charge is 2.13. The van der Waals surface area contributed by atoms with E-state index in [0.29, 0.717) is 4.47 Å². The third-order valence-electron chi connectivity index (χ3n) is 3.00. The largest absolute Gasteiger partial charge is 0.310 e. The second-order valence-corrected chi connectivity index (χ2v) is 5.36. The van der Waals surface area contributed by atoms with E-state index in [0.717, 1.165) is 24.1 Å². The van der Waals surface area contributed by atoms with E-state index in [4.69, 9.17) is 0 Å². The number of halogens is 2. The molecule has 0 aliphatic heterocycles. The van der Waals surface area contributed by atoms with E-state index in [9.17, 15) is 4.39 Å². The Morgan fingerprint density at radius 3 is 2.84 bits per heavy atom. The van der Waals surface area contributed by atoms with Gasteiger partial charge in [-0.2, -0.15) is 5.10 Å². The first-order chi connectivity index (χ1) is 9.10. The number of hydrogen-bond donors (Lipinski definition) is 1. The van der Waals surface area contributed by atoms with E-state index in [-0.39, 0.29) is 11.9 Å². The molecule has 1 atom stereocenters. The standard InChI is InChI=1S/C14H17BrFN3/c1-3-17-14(11-8-18-19(2)9-11)7-10-4-5-13(16)12(15)6-10/h4-6,8-9,14,17H,3,7H2,1-2H3. The molecular formula is C14H17BrFN3. The molecule has 102 valence electrons. The fourth-order valence-corrected chi connectivity index (χ4v) is 2.50. The van der Waals surface area contributed by atoms with Crippen molar-refractivity contribution in [3.63, 3.8) is 0 Å². The maximum Gasteiger partial charge on any atom is 0.137 e. The van der Waals surface area contributed by atoms with Gasteiger partial charge in [-0.3, -0.25) is 4.68 Å². The van der Waals surface area contributed by atoms with Crippen LogP contribution >= 0.6 is 15.9 Å². The molecule has 19 heavy (non-hydrogen) atoms. The Labute approximate surface area is 121 Å². The molecule has 0 saturated carbocycles. The SMILES string of the molecule is CCNC(Cc1ccc(F)c(Br)c1)c1cnn(C)c1. The van der Waals surface area contributed by atoms with Gasteiger partial charge in [-0.25, -0.2) is 4.39 Å². The van der Waals surface area contributed by atoms with Gasteiger partial charge in [0.15, 0.2) is 0 Å². The fraction of sp³-hybridized carbons (Fsp3) is 0.357. The summed E-state index contributed by atoms with van der Waals surface area (Å²) in [6, 6.07) is 5.33. The predicted octanol–water partition coefficient (Wildman–Crippen LogP) is 3.22. The lowest BCUT2D eigenvalue weighted by atomic mass is 10.0. The molecule has 5 heteroatoms. The average Bonchev–Trinajstić information content (AvgIpc) is 2.80. The van der Waals surface area contributed by atoms with Gasteiger partial charge in [0, 0.05) is 24.8 Å². The fourth-order valence-electron chi connectivity index (χ4n) is 2.08. The first-order valence-electron chi connectivity index (χ1n) is 6.26. The molecule has 1 N–H and O–H groups in total. The summed E-state index contributed by atoms with van der Waals surface area (Å²) in [5.74, 6) is -0.231. The Balaban J connectivity index is 2.18. The summed E-state index contributed by atoms with van der Waals surface area (Å²) in [5, 5.41) is 7.63. The van der Waals surface area contributed by atoms with Crippen LogP contribution in [0.2, 0.25) is 0 Å². The van der Waals surface area contributed by atoms with Crippen LogP contribution in [-0.2, 0) is 13.5 Å². The van der Waals surface area contributed by atoms with E-state index in [1.807, 2.05) is 31.6 Å². The number of hydrogen-bond acceptors (Lipinski definition) is 2. The molecule has 0 amide bonds. The molecule has 0 bridgehead atoms. The van der Waals surface area contributed by atoms with Gasteiger partial charge in [-0.1, -0.05) is 13.0 Å². The highest BCUT2D eigenvalue weighted by atomic mass is 79.9. The number of aryl methyl sites for hydroxylation is 1. The van der Waals surface area contributed by atoms with E-state index >= 15 is 0 Å². The molecule has 0 aliphatic carbocycles. The zero-order chi connectivity index (χ0) is 13.8. The van der Waals surface area contributed by atoms with Crippen molar-refractivity contribution in [1.82, 2.24) is 15.1 Å². The summed E-state index contributed by atoms with van der Waals surface area (Å²) in [6.45, 7) is 2.95. The Hall–Kier alpha value is -1.20. The Morgan fingerprint density at radius 1 is 1.47 bits per heavy atom. The molecule has 0 radical (unpaired) electrons. The van der Waals surface area contributed by atoms with Crippen molar-refractivity contribution in [2.75, 3.05) is 6.54 Å². The number of benzene rings is 1. The minimum Gasteiger partial charge on any atom is -0.310 e. The summed E-state index contributed by atoms with van der Waals surface area (Å²) >= 11 is 3.22. The summed E-state index contributed by atoms with van der Waals surface area (Å²) in [4.78, 5) is 0. The highest BCUT2D eigenvalue weighted by Crippen LogP contribution is 2.22. The van der Waals surface area contributed by atoms with Gasteiger partial charge in [0.2, 0.25) is 0 Å². The maximum atomic E-state index is 13.2. The lowest BCUT2D eigenvalue weighted by molar-refractivity contribution is 0.548. The molecule has 0 aliphatic rings. The van der Waals surface area contributed by atoms with Crippen LogP contribution in [0, 0.1) is 5.82 Å². The smallest absolute Gasteiger partial charge is 0.137 e. The molecule has 2 rings (SSSR count). The van der Waals surface area contributed by atoms with E-state index in [1.54, 1.807) is 4.68 Å². The predicted molar refractivity (Wildman–Crippen MR) is 77.4 cm³/mol. The molecule has 3 nitrogen and oxygen atoms in total. The summed E-state index contributed by atoms with van der Waals surface area (Å²) in [5.41, 5.74) is 2.23. The van der Waals surface area contributed by atoms with Crippen molar-refractivity contribution >= 4 is 15.9 Å². The van der Waals surface area contributed by atoms with Gasteiger partial charge in [0.25, 0.3) is 0 Å². The molecule has 0 spiro atoms. The van der Waals surface area contributed by atoms with Crippen LogP contribution in [-0.4, -0.2) is 16.3 Å². The molecule has 0 saturated heterocycles. The van der Waals surface area contributed by atoms with E-state index in [1.165, 1.54) is 6.07 Å². The number of rotatable bonds is 5. The lowest BCUT2D eigenvalue weighted by Gasteiger charge is -2.16. The minimum atomic E-state index is -0.231. The average molecular weight is 326 g/mol. The summed E-state index contributed by atoms with van der Waals surface area (Å²) in [6.07, 6.45) is 4.68. The van der Waals surface area contributed by atoms with Gasteiger partial charge < -0.3 is 5.32 Å². The molecular weight excluding hydrogens is 309 g/mol. The summed E-state index contributed by atoms with van der Waals surface area (Å²) < 4.78 is 15.5. The van der Waals surface area contributed by atoms with Gasteiger partial charge in [0.1, 0.15) is 5.82 Å².